The van der Waals surface area contributed by atoms with E-state index in [1.807, 2.05) is 21.1 Å². The van der Waals surface area contributed by atoms with Crippen molar-refractivity contribution in [3.05, 3.63) is 22.7 Å². The third kappa shape index (κ3) is 7.38. The van der Waals surface area contributed by atoms with E-state index in [0.717, 1.165) is 0 Å². The van der Waals surface area contributed by atoms with Crippen LogP contribution in [0.25, 0.3) is 0 Å². The lowest BCUT2D eigenvalue weighted by Crippen LogP contribution is -2.37. The highest BCUT2D eigenvalue weighted by molar-refractivity contribution is 7.64. The topological polar surface area (TPSA) is 163 Å². The van der Waals surface area contributed by atoms with Crippen LogP contribution in [0, 0.1) is 0 Å². The number of nitrogens with two attached hydrogens (primary N) is 1. The Morgan fingerprint density at radius 1 is 1.36 bits per heavy atom. The Hall–Kier alpha value is -1.10. The Balaban J connectivity index is 1.87. The summed E-state index contributed by atoms with van der Waals surface area (Å²) in [4.78, 5) is 35.0. The molecule has 28 heavy (non-hydrogen) atoms. The number of hydrogen-bond acceptors (Lipinski definition) is 8. The van der Waals surface area contributed by atoms with Gasteiger partial charge >= 0.3 is 21.1 Å². The van der Waals surface area contributed by atoms with Gasteiger partial charge in [0, 0.05) is 6.20 Å². The van der Waals surface area contributed by atoms with Crippen LogP contribution in [0.5, 0.6) is 0 Å². The average Bonchev–Trinajstić information content (AvgIpc) is 2.98. The molecule has 4 atom stereocenters. The molecule has 14 heteroatoms. The second-order valence-corrected chi connectivity index (χ2v) is 11.1. The van der Waals surface area contributed by atoms with Gasteiger partial charge in [-0.3, -0.25) is 13.7 Å². The molecule has 0 aliphatic carbocycles. The lowest BCUT2D eigenvalue weighted by Gasteiger charge is -2.25. The van der Waals surface area contributed by atoms with E-state index in [1.54, 1.807) is 0 Å². The van der Waals surface area contributed by atoms with E-state index in [0.29, 0.717) is 17.3 Å². The summed E-state index contributed by atoms with van der Waals surface area (Å²) in [5.74, 6) is 0.0937. The Labute approximate surface area is 162 Å². The summed E-state index contributed by atoms with van der Waals surface area (Å²) in [5.41, 5.74) is 4.87. The monoisotopic (exact) mass is 441 g/mol. The fourth-order valence-electron chi connectivity index (χ4n) is 2.49. The molecule has 160 valence electrons. The van der Waals surface area contributed by atoms with E-state index < -0.39 is 33.4 Å². The number of quaternary nitrogens is 1. The van der Waals surface area contributed by atoms with Crippen LogP contribution in [0.2, 0.25) is 0 Å². The van der Waals surface area contributed by atoms with Crippen LogP contribution in [0.1, 0.15) is 19.1 Å². The lowest BCUT2D eigenvalue weighted by atomic mass is 10.2. The predicted molar refractivity (Wildman–Crippen MR) is 101 cm³/mol. The normalized spacial score (nSPS) is 24.6. The molecule has 1 aromatic rings. The smallest absolute Gasteiger partial charge is 0.383 e. The maximum absolute atomic E-state index is 12.0. The molecule has 1 aromatic heterocycles. The molecule has 0 bridgehead atoms. The molecule has 2 heterocycles. The van der Waals surface area contributed by atoms with E-state index in [1.165, 1.54) is 16.8 Å². The molecular weight excluding hydrogens is 414 g/mol. The van der Waals surface area contributed by atoms with E-state index in [9.17, 15) is 23.7 Å². The minimum absolute atomic E-state index is 0.0937. The SMILES string of the molecule is C[N+](C)(C)CCP(=O)(O)OP(=O)(O)OCC1CCC(n2ccc(N)nc2=O)O1. The highest BCUT2D eigenvalue weighted by Gasteiger charge is 2.37. The predicted octanol–water partition coefficient (Wildman–Crippen LogP) is 0.528. The molecule has 0 aromatic carbocycles. The maximum Gasteiger partial charge on any atom is 0.479 e. The van der Waals surface area contributed by atoms with Gasteiger partial charge in [-0.05, 0) is 18.9 Å². The van der Waals surface area contributed by atoms with Crippen molar-refractivity contribution < 1.29 is 37.0 Å². The summed E-state index contributed by atoms with van der Waals surface area (Å²) in [6, 6.07) is 1.46. The van der Waals surface area contributed by atoms with Crippen molar-refractivity contribution in [1.29, 1.82) is 0 Å². The number of phosphoric ester groups is 1. The fourth-order valence-corrected chi connectivity index (χ4v) is 5.50. The van der Waals surface area contributed by atoms with Crippen LogP contribution in [0.3, 0.4) is 0 Å². The zero-order chi connectivity index (χ0) is 21.2. The Morgan fingerprint density at radius 2 is 2.04 bits per heavy atom. The molecule has 0 saturated carbocycles. The zero-order valence-corrected chi connectivity index (χ0v) is 17.8. The van der Waals surface area contributed by atoms with Crippen LogP contribution in [0.4, 0.5) is 5.82 Å². The van der Waals surface area contributed by atoms with Crippen molar-refractivity contribution >= 4 is 21.2 Å². The van der Waals surface area contributed by atoms with Crippen molar-refractivity contribution in [2.24, 2.45) is 0 Å². The molecule has 1 aliphatic rings. The first-order valence-electron chi connectivity index (χ1n) is 8.57. The lowest BCUT2D eigenvalue weighted by molar-refractivity contribution is -0.867. The standard InChI is InChI=1S/C14H26N4O8P2/c1-18(2,3)8-9-27(20,21)26-28(22,23)24-10-11-4-5-13(25-11)17-7-6-12(15)16-14(17)19/h6-7,11,13H,4-5,8-10H2,1-3H3,(H3-,15,16,19,20,21,22,23)/p+1. The molecule has 4 N–H and O–H groups in total. The Morgan fingerprint density at radius 3 is 2.64 bits per heavy atom. The summed E-state index contributed by atoms with van der Waals surface area (Å²) >= 11 is 0. The molecule has 1 fully saturated rings. The van der Waals surface area contributed by atoms with Crippen molar-refractivity contribution in [2.45, 2.75) is 25.2 Å². The number of nitrogen functional groups attached to an aromatic ring is 1. The molecule has 0 radical (unpaired) electrons. The fraction of sp³-hybridized carbons (Fsp3) is 0.714. The van der Waals surface area contributed by atoms with E-state index >= 15 is 0 Å². The molecule has 4 unspecified atom stereocenters. The van der Waals surface area contributed by atoms with E-state index in [4.69, 9.17) is 15.0 Å². The van der Waals surface area contributed by atoms with E-state index in [2.05, 4.69) is 9.29 Å². The second kappa shape index (κ2) is 8.73. The van der Waals surface area contributed by atoms with Gasteiger partial charge in [0.25, 0.3) is 0 Å². The summed E-state index contributed by atoms with van der Waals surface area (Å²) in [6.45, 7) is -0.0671. The molecule has 1 saturated heterocycles. The third-order valence-corrected chi connectivity index (χ3v) is 7.04. The summed E-state index contributed by atoms with van der Waals surface area (Å²) in [5, 5.41) is 0. The molecule has 2 rings (SSSR count). The largest absolute Gasteiger partial charge is 0.479 e. The average molecular weight is 441 g/mol. The van der Waals surface area contributed by atoms with Gasteiger partial charge in [-0.2, -0.15) is 4.98 Å². The number of anilines is 1. The highest BCUT2D eigenvalue weighted by Crippen LogP contribution is 2.59. The van der Waals surface area contributed by atoms with Crippen LogP contribution in [0.15, 0.2) is 17.1 Å². The van der Waals surface area contributed by atoms with Gasteiger partial charge < -0.3 is 24.7 Å². The number of aromatic nitrogens is 2. The number of ether oxygens (including phenoxy) is 1. The van der Waals surface area contributed by atoms with Crippen LogP contribution >= 0.6 is 15.4 Å². The molecule has 0 amide bonds. The highest BCUT2D eigenvalue weighted by atomic mass is 31.3. The molecular formula is C14H27N4O8P2+. The first-order valence-corrected chi connectivity index (χ1v) is 11.8. The third-order valence-electron chi connectivity index (χ3n) is 3.95. The van der Waals surface area contributed by atoms with Crippen molar-refractivity contribution in [2.75, 3.05) is 46.2 Å². The van der Waals surface area contributed by atoms with Crippen LogP contribution < -0.4 is 11.4 Å². The van der Waals surface area contributed by atoms with Gasteiger partial charge in [-0.25, -0.2) is 13.7 Å². The number of hydrogen-bond donors (Lipinski definition) is 3. The van der Waals surface area contributed by atoms with Crippen LogP contribution in [-0.4, -0.2) is 70.4 Å². The molecule has 1 aliphatic heterocycles. The summed E-state index contributed by atoms with van der Waals surface area (Å²) in [6.07, 6.45) is 0.857. The minimum Gasteiger partial charge on any atom is -0.383 e. The summed E-state index contributed by atoms with van der Waals surface area (Å²) in [7, 11) is -3.63. The number of phosphoric acid groups is 1. The Bertz CT molecular complexity index is 839. The zero-order valence-electron chi connectivity index (χ0n) is 16.0. The van der Waals surface area contributed by atoms with Crippen molar-refractivity contribution in [3.63, 3.8) is 0 Å². The quantitative estimate of drug-likeness (QED) is 0.364. The first kappa shape index (κ1) is 23.2. The van der Waals surface area contributed by atoms with Crippen molar-refractivity contribution in [3.8, 4) is 0 Å². The second-order valence-electron chi connectivity index (χ2n) is 7.55. The van der Waals surface area contributed by atoms with E-state index in [-0.39, 0.29) is 25.1 Å². The van der Waals surface area contributed by atoms with Gasteiger partial charge in [0.2, 0.25) is 0 Å². The molecule has 12 nitrogen and oxygen atoms in total. The number of nitrogens with zero attached hydrogens (tertiary/aromatic N) is 3. The van der Waals surface area contributed by atoms with Gasteiger partial charge in [-0.1, -0.05) is 0 Å². The van der Waals surface area contributed by atoms with Gasteiger partial charge in [0.15, 0.2) is 0 Å². The maximum atomic E-state index is 12.0. The van der Waals surface area contributed by atoms with Crippen molar-refractivity contribution in [1.82, 2.24) is 9.55 Å². The van der Waals surface area contributed by atoms with Crippen LogP contribution in [-0.2, 0) is 22.7 Å². The first-order chi connectivity index (χ1) is 12.8. The van der Waals surface area contributed by atoms with Gasteiger partial charge in [-0.15, -0.1) is 0 Å². The minimum atomic E-state index is -4.75. The van der Waals surface area contributed by atoms with Gasteiger partial charge in [0.1, 0.15) is 12.0 Å². The molecule has 0 spiro atoms. The Kier molecular flexibility index (Phi) is 7.22. The number of rotatable bonds is 9. The van der Waals surface area contributed by atoms with Gasteiger partial charge in [0.05, 0.1) is 46.6 Å². The summed E-state index contributed by atoms with van der Waals surface area (Å²) < 4.78 is 40.6.